The first-order valence-corrected chi connectivity index (χ1v) is 6.07. The van der Waals surface area contributed by atoms with Gasteiger partial charge in [0.1, 0.15) is 12.2 Å². The summed E-state index contributed by atoms with van der Waals surface area (Å²) in [6.07, 6.45) is 4.46. The fraction of sp³-hybridized carbons (Fsp3) is 0.818. The van der Waals surface area contributed by atoms with Crippen molar-refractivity contribution in [3.8, 4) is 0 Å². The van der Waals surface area contributed by atoms with Gasteiger partial charge >= 0.3 is 0 Å². The highest BCUT2D eigenvalue weighted by Crippen LogP contribution is 2.08. The zero-order valence-electron chi connectivity index (χ0n) is 10.2. The molecule has 1 aliphatic rings. The number of hydrogen-bond donors (Lipinski definition) is 1. The molecule has 0 spiro atoms. The summed E-state index contributed by atoms with van der Waals surface area (Å²) in [4.78, 5) is 2.51. The summed E-state index contributed by atoms with van der Waals surface area (Å²) in [7, 11) is 1.98. The van der Waals surface area contributed by atoms with Crippen molar-refractivity contribution in [2.75, 3.05) is 26.2 Å². The summed E-state index contributed by atoms with van der Waals surface area (Å²) >= 11 is 0. The molecule has 5 heteroatoms. The summed E-state index contributed by atoms with van der Waals surface area (Å²) in [6.45, 7) is 6.82. The first-order valence-electron chi connectivity index (χ1n) is 6.07. The number of aryl methyl sites for hydroxylation is 1. The zero-order valence-corrected chi connectivity index (χ0v) is 10.2. The highest BCUT2D eigenvalue weighted by molar-refractivity contribution is 4.91. The Morgan fingerprint density at radius 1 is 1.44 bits per heavy atom. The maximum Gasteiger partial charge on any atom is 0.149 e. The molecule has 1 atom stereocenters. The van der Waals surface area contributed by atoms with Crippen molar-refractivity contribution in [3.05, 3.63) is 12.2 Å². The van der Waals surface area contributed by atoms with Crippen molar-refractivity contribution in [2.24, 2.45) is 7.05 Å². The Morgan fingerprint density at radius 2 is 2.19 bits per heavy atom. The van der Waals surface area contributed by atoms with Crippen LogP contribution in [0.15, 0.2) is 6.33 Å². The van der Waals surface area contributed by atoms with E-state index >= 15 is 0 Å². The van der Waals surface area contributed by atoms with Crippen LogP contribution in [0.25, 0.3) is 0 Å². The molecule has 1 aliphatic heterocycles. The third-order valence-corrected chi connectivity index (χ3v) is 3.21. The van der Waals surface area contributed by atoms with Crippen LogP contribution in [0.3, 0.4) is 0 Å². The minimum atomic E-state index is 0.273. The van der Waals surface area contributed by atoms with Crippen LogP contribution in [0.2, 0.25) is 0 Å². The number of rotatable bonds is 5. The lowest BCUT2D eigenvalue weighted by molar-refractivity contribution is 0.328. The molecule has 1 aromatic heterocycles. The van der Waals surface area contributed by atoms with Crippen molar-refractivity contribution >= 4 is 0 Å². The van der Waals surface area contributed by atoms with Crippen molar-refractivity contribution in [1.29, 1.82) is 0 Å². The van der Waals surface area contributed by atoms with Gasteiger partial charge in [-0.05, 0) is 32.9 Å². The number of likely N-dealkylation sites (tertiary alicyclic amines) is 1. The SMILES string of the molecule is CC(NCCN1CCCC1)c1nncn1C. The molecule has 0 aliphatic carbocycles. The van der Waals surface area contributed by atoms with Crippen LogP contribution in [0.1, 0.15) is 31.6 Å². The fourth-order valence-corrected chi connectivity index (χ4v) is 2.22. The summed E-state index contributed by atoms with van der Waals surface area (Å²) in [5.74, 6) is 1.00. The molecular formula is C11H21N5. The molecule has 90 valence electrons. The van der Waals surface area contributed by atoms with Gasteiger partial charge in [-0.15, -0.1) is 10.2 Å². The van der Waals surface area contributed by atoms with Gasteiger partial charge in [-0.3, -0.25) is 0 Å². The average molecular weight is 223 g/mol. The number of nitrogens with zero attached hydrogens (tertiary/aromatic N) is 4. The molecule has 0 bridgehead atoms. The van der Waals surface area contributed by atoms with E-state index in [1.807, 2.05) is 11.6 Å². The van der Waals surface area contributed by atoms with Gasteiger partial charge in [0.25, 0.3) is 0 Å². The quantitative estimate of drug-likeness (QED) is 0.792. The Kier molecular flexibility index (Phi) is 3.90. The Hall–Kier alpha value is -0.940. The Morgan fingerprint density at radius 3 is 2.81 bits per heavy atom. The van der Waals surface area contributed by atoms with Crippen molar-refractivity contribution in [3.63, 3.8) is 0 Å². The fourth-order valence-electron chi connectivity index (χ4n) is 2.22. The van der Waals surface area contributed by atoms with E-state index in [0.29, 0.717) is 0 Å². The number of nitrogens with one attached hydrogen (secondary N) is 1. The molecule has 0 aromatic carbocycles. The number of hydrogen-bond acceptors (Lipinski definition) is 4. The molecule has 1 N–H and O–H groups in total. The summed E-state index contributed by atoms with van der Waals surface area (Å²) in [5.41, 5.74) is 0. The molecule has 1 aromatic rings. The predicted octanol–water partition coefficient (Wildman–Crippen LogP) is 0.561. The lowest BCUT2D eigenvalue weighted by Crippen LogP contribution is -2.32. The van der Waals surface area contributed by atoms with E-state index < -0.39 is 0 Å². The van der Waals surface area contributed by atoms with Gasteiger partial charge in [-0.1, -0.05) is 0 Å². The molecule has 1 unspecified atom stereocenters. The van der Waals surface area contributed by atoms with Gasteiger partial charge in [0.2, 0.25) is 0 Å². The van der Waals surface area contributed by atoms with E-state index in [-0.39, 0.29) is 6.04 Å². The van der Waals surface area contributed by atoms with Gasteiger partial charge in [0.15, 0.2) is 0 Å². The minimum absolute atomic E-state index is 0.273. The maximum absolute atomic E-state index is 4.10. The Bertz CT molecular complexity index is 316. The lowest BCUT2D eigenvalue weighted by Gasteiger charge is -2.17. The summed E-state index contributed by atoms with van der Waals surface area (Å²) in [5, 5.41) is 11.5. The molecule has 2 rings (SSSR count). The van der Waals surface area contributed by atoms with Crippen LogP contribution in [-0.4, -0.2) is 45.8 Å². The van der Waals surface area contributed by atoms with E-state index in [1.165, 1.54) is 25.9 Å². The standard InChI is InChI=1S/C11H21N5/c1-10(11-14-13-9-15(11)2)12-5-8-16-6-3-4-7-16/h9-10,12H,3-8H2,1-2H3. The highest BCUT2D eigenvalue weighted by atomic mass is 15.3. The summed E-state index contributed by atoms with van der Waals surface area (Å²) in [6, 6.07) is 0.273. The molecule has 2 heterocycles. The first kappa shape index (κ1) is 11.5. The van der Waals surface area contributed by atoms with Gasteiger partial charge in [0.05, 0.1) is 6.04 Å². The van der Waals surface area contributed by atoms with Crippen molar-refractivity contribution in [1.82, 2.24) is 25.0 Å². The lowest BCUT2D eigenvalue weighted by atomic mass is 10.3. The second-order valence-corrected chi connectivity index (χ2v) is 4.52. The van der Waals surface area contributed by atoms with E-state index in [1.54, 1.807) is 6.33 Å². The zero-order chi connectivity index (χ0) is 11.4. The largest absolute Gasteiger partial charge is 0.319 e. The highest BCUT2D eigenvalue weighted by Gasteiger charge is 2.13. The third kappa shape index (κ3) is 2.80. The Labute approximate surface area is 96.8 Å². The Balaban J connectivity index is 1.71. The van der Waals surface area contributed by atoms with Gasteiger partial charge in [0, 0.05) is 20.1 Å². The first-order chi connectivity index (χ1) is 7.77. The van der Waals surface area contributed by atoms with E-state index in [9.17, 15) is 0 Å². The van der Waals surface area contributed by atoms with Gasteiger partial charge in [-0.2, -0.15) is 0 Å². The molecule has 0 saturated carbocycles. The smallest absolute Gasteiger partial charge is 0.149 e. The van der Waals surface area contributed by atoms with Crippen LogP contribution >= 0.6 is 0 Å². The van der Waals surface area contributed by atoms with Crippen LogP contribution in [0, 0.1) is 0 Å². The van der Waals surface area contributed by atoms with Crippen LogP contribution in [0.4, 0.5) is 0 Å². The van der Waals surface area contributed by atoms with Gasteiger partial charge < -0.3 is 14.8 Å². The second-order valence-electron chi connectivity index (χ2n) is 4.52. The van der Waals surface area contributed by atoms with Crippen LogP contribution < -0.4 is 5.32 Å². The van der Waals surface area contributed by atoms with Crippen LogP contribution in [-0.2, 0) is 7.05 Å². The number of aromatic nitrogens is 3. The van der Waals surface area contributed by atoms with E-state index in [0.717, 1.165) is 18.9 Å². The molecule has 5 nitrogen and oxygen atoms in total. The van der Waals surface area contributed by atoms with Gasteiger partial charge in [-0.25, -0.2) is 0 Å². The molecule has 0 amide bonds. The molecule has 1 saturated heterocycles. The summed E-state index contributed by atoms with van der Waals surface area (Å²) < 4.78 is 1.97. The average Bonchev–Trinajstić information content (AvgIpc) is 2.88. The molecular weight excluding hydrogens is 202 g/mol. The third-order valence-electron chi connectivity index (χ3n) is 3.21. The molecule has 16 heavy (non-hydrogen) atoms. The monoisotopic (exact) mass is 223 g/mol. The van der Waals surface area contributed by atoms with E-state index in [4.69, 9.17) is 0 Å². The topological polar surface area (TPSA) is 46.0 Å². The minimum Gasteiger partial charge on any atom is -0.319 e. The molecule has 1 fully saturated rings. The maximum atomic E-state index is 4.10. The second kappa shape index (κ2) is 5.41. The predicted molar refractivity (Wildman–Crippen MR) is 63.1 cm³/mol. The van der Waals surface area contributed by atoms with Crippen LogP contribution in [0.5, 0.6) is 0 Å². The van der Waals surface area contributed by atoms with Crippen molar-refractivity contribution in [2.45, 2.75) is 25.8 Å². The van der Waals surface area contributed by atoms with Crippen molar-refractivity contribution < 1.29 is 0 Å². The molecule has 0 radical (unpaired) electrons. The normalized spacial score (nSPS) is 19.1. The van der Waals surface area contributed by atoms with E-state index in [2.05, 4.69) is 27.3 Å².